The number of aromatic nitrogens is 1. The number of hydrogen-bond acceptors (Lipinski definition) is 6. The SMILES string of the molecule is N[C@@H](Cc1ccccc1)C(=O)Nc1ccccc1-c1c(CC[C@@H]2CNC[C@@H](CSc3ccc(Cl)cc3)O2)cc[nH]c1=O. The second-order valence-electron chi connectivity index (χ2n) is 10.4. The first-order chi connectivity index (χ1) is 20.5. The smallest absolute Gasteiger partial charge is 0.256 e. The third-order valence-corrected chi connectivity index (χ3v) is 8.65. The molecule has 218 valence electrons. The van der Waals surface area contributed by atoms with E-state index in [1.807, 2.05) is 78.9 Å². The third-order valence-electron chi connectivity index (χ3n) is 7.25. The molecule has 3 aromatic carbocycles. The lowest BCUT2D eigenvalue weighted by Crippen LogP contribution is -2.45. The van der Waals surface area contributed by atoms with Gasteiger partial charge in [-0.2, -0.15) is 0 Å². The van der Waals surface area contributed by atoms with E-state index in [4.69, 9.17) is 22.1 Å². The van der Waals surface area contributed by atoms with Crippen molar-refractivity contribution in [2.45, 2.75) is 42.4 Å². The normalized spacial score (nSPS) is 17.5. The number of carbonyl (C=O) groups is 1. The van der Waals surface area contributed by atoms with E-state index >= 15 is 0 Å². The highest BCUT2D eigenvalue weighted by atomic mass is 35.5. The summed E-state index contributed by atoms with van der Waals surface area (Å²) >= 11 is 7.76. The van der Waals surface area contributed by atoms with E-state index < -0.39 is 6.04 Å². The number of benzene rings is 3. The number of para-hydroxylation sites is 1. The Morgan fingerprint density at radius 3 is 2.55 bits per heavy atom. The number of nitrogens with one attached hydrogen (secondary N) is 3. The first kappa shape index (κ1) is 30.1. The maximum Gasteiger partial charge on any atom is 0.256 e. The number of pyridine rings is 1. The average Bonchev–Trinajstić information content (AvgIpc) is 3.01. The molecule has 0 unspecified atom stereocenters. The second kappa shape index (κ2) is 14.7. The number of H-pyrrole nitrogens is 1. The van der Waals surface area contributed by atoms with E-state index in [1.165, 1.54) is 0 Å². The van der Waals surface area contributed by atoms with Gasteiger partial charge in [-0.3, -0.25) is 9.59 Å². The Labute approximate surface area is 255 Å². The number of ether oxygens (including phenoxy) is 1. The van der Waals surface area contributed by atoms with Gasteiger partial charge in [0.25, 0.3) is 5.56 Å². The Hall–Kier alpha value is -3.40. The molecule has 2 heterocycles. The minimum absolute atomic E-state index is 0.0210. The van der Waals surface area contributed by atoms with Gasteiger partial charge in [0.1, 0.15) is 0 Å². The Bertz CT molecular complexity index is 1530. The van der Waals surface area contributed by atoms with Gasteiger partial charge in [-0.1, -0.05) is 60.1 Å². The lowest BCUT2D eigenvalue weighted by atomic mass is 9.95. The Morgan fingerprint density at radius 1 is 1.00 bits per heavy atom. The summed E-state index contributed by atoms with van der Waals surface area (Å²) in [7, 11) is 0. The summed E-state index contributed by atoms with van der Waals surface area (Å²) in [6.45, 7) is 1.55. The van der Waals surface area contributed by atoms with Crippen molar-refractivity contribution in [1.82, 2.24) is 10.3 Å². The first-order valence-corrected chi connectivity index (χ1v) is 15.5. The summed E-state index contributed by atoms with van der Waals surface area (Å²) in [6.07, 6.45) is 3.59. The minimum atomic E-state index is -0.726. The van der Waals surface area contributed by atoms with Crippen molar-refractivity contribution < 1.29 is 9.53 Å². The molecule has 42 heavy (non-hydrogen) atoms. The number of aryl methyl sites for hydroxylation is 1. The number of hydrogen-bond donors (Lipinski definition) is 4. The highest BCUT2D eigenvalue weighted by molar-refractivity contribution is 7.99. The van der Waals surface area contributed by atoms with E-state index in [-0.39, 0.29) is 23.7 Å². The van der Waals surface area contributed by atoms with Crippen LogP contribution in [0.1, 0.15) is 17.5 Å². The van der Waals surface area contributed by atoms with Crippen LogP contribution in [0, 0.1) is 0 Å². The van der Waals surface area contributed by atoms with Gasteiger partial charge in [0.2, 0.25) is 5.91 Å². The van der Waals surface area contributed by atoms with Crippen LogP contribution in [0.25, 0.3) is 11.1 Å². The molecule has 5 N–H and O–H groups in total. The van der Waals surface area contributed by atoms with Crippen molar-refractivity contribution in [2.24, 2.45) is 5.73 Å². The zero-order valence-electron chi connectivity index (χ0n) is 23.2. The number of aromatic amines is 1. The minimum Gasteiger partial charge on any atom is -0.371 e. The summed E-state index contributed by atoms with van der Waals surface area (Å²) in [5.74, 6) is 0.533. The van der Waals surface area contributed by atoms with Crippen LogP contribution in [0.5, 0.6) is 0 Å². The molecule has 9 heteroatoms. The number of amides is 1. The topological polar surface area (TPSA) is 109 Å². The van der Waals surface area contributed by atoms with Gasteiger partial charge in [-0.25, -0.2) is 0 Å². The van der Waals surface area contributed by atoms with Crippen LogP contribution in [0.15, 0.2) is 101 Å². The lowest BCUT2D eigenvalue weighted by molar-refractivity contribution is -0.117. The molecule has 1 aliphatic rings. The van der Waals surface area contributed by atoms with Crippen molar-refractivity contribution in [3.63, 3.8) is 0 Å². The van der Waals surface area contributed by atoms with E-state index in [0.717, 1.165) is 46.3 Å². The molecule has 0 radical (unpaired) electrons. The average molecular weight is 603 g/mol. The molecule has 3 atom stereocenters. The monoisotopic (exact) mass is 602 g/mol. The van der Waals surface area contributed by atoms with Gasteiger partial charge < -0.3 is 26.1 Å². The molecule has 4 aromatic rings. The number of rotatable bonds is 11. The predicted molar refractivity (Wildman–Crippen MR) is 171 cm³/mol. The number of morpholine rings is 1. The predicted octanol–water partition coefficient (Wildman–Crippen LogP) is 5.29. The second-order valence-corrected chi connectivity index (χ2v) is 11.9. The quantitative estimate of drug-likeness (QED) is 0.174. The molecular formula is C33H35ClN4O3S. The van der Waals surface area contributed by atoms with Crippen molar-refractivity contribution in [3.8, 4) is 11.1 Å². The molecule has 1 saturated heterocycles. The summed E-state index contributed by atoms with van der Waals surface area (Å²) < 4.78 is 6.41. The summed E-state index contributed by atoms with van der Waals surface area (Å²) in [6, 6.07) is 26.1. The van der Waals surface area contributed by atoms with E-state index in [1.54, 1.807) is 24.0 Å². The zero-order valence-corrected chi connectivity index (χ0v) is 24.8. The number of nitrogens with two attached hydrogens (primary N) is 1. The summed E-state index contributed by atoms with van der Waals surface area (Å²) in [5, 5.41) is 7.19. The van der Waals surface area contributed by atoms with Gasteiger partial charge in [-0.05, 0) is 66.8 Å². The lowest BCUT2D eigenvalue weighted by Gasteiger charge is -2.31. The molecule has 1 aliphatic heterocycles. The van der Waals surface area contributed by atoms with Gasteiger partial charge in [-0.15, -0.1) is 11.8 Å². The van der Waals surface area contributed by atoms with Crippen LogP contribution in [-0.4, -0.2) is 48.0 Å². The molecule has 7 nitrogen and oxygen atoms in total. The molecule has 0 spiro atoms. The molecule has 0 aliphatic carbocycles. The maximum atomic E-state index is 13.2. The molecule has 1 fully saturated rings. The van der Waals surface area contributed by atoms with Crippen LogP contribution < -0.4 is 21.9 Å². The van der Waals surface area contributed by atoms with Crippen molar-refractivity contribution in [3.05, 3.63) is 118 Å². The number of carbonyl (C=O) groups excluding carboxylic acids is 1. The summed E-state index contributed by atoms with van der Waals surface area (Å²) in [5.41, 5.74) is 9.68. The Balaban J connectivity index is 1.24. The highest BCUT2D eigenvalue weighted by Gasteiger charge is 2.24. The van der Waals surface area contributed by atoms with Gasteiger partial charge in [0.15, 0.2) is 0 Å². The van der Waals surface area contributed by atoms with Crippen molar-refractivity contribution >= 4 is 35.0 Å². The summed E-state index contributed by atoms with van der Waals surface area (Å²) in [4.78, 5) is 30.2. The fourth-order valence-corrected chi connectivity index (χ4v) is 6.13. The van der Waals surface area contributed by atoms with Crippen LogP contribution in [0.2, 0.25) is 5.02 Å². The fourth-order valence-electron chi connectivity index (χ4n) is 5.10. The fraction of sp³-hybridized carbons (Fsp3) is 0.273. The van der Waals surface area contributed by atoms with E-state index in [2.05, 4.69) is 15.6 Å². The zero-order chi connectivity index (χ0) is 29.3. The number of halogens is 1. The maximum absolute atomic E-state index is 13.2. The molecule has 5 rings (SSSR count). The molecule has 0 bridgehead atoms. The Morgan fingerprint density at radius 2 is 1.74 bits per heavy atom. The van der Waals surface area contributed by atoms with Crippen LogP contribution >= 0.6 is 23.4 Å². The standard InChI is InChI=1S/C33H35ClN4O3S/c34-24-11-14-27(15-12-24)42-21-26-20-36-19-25(41-26)13-10-23-16-17-37-33(40)31(23)28-8-4-5-9-30(28)38-32(39)29(35)18-22-6-2-1-3-7-22/h1-9,11-12,14-17,25-26,29,36H,10,13,18-21,35H2,(H,37,40)(H,38,39)/t25-,26+,29+/m1/s1. The van der Waals surface area contributed by atoms with Gasteiger partial charge in [0, 0.05) is 46.2 Å². The third kappa shape index (κ3) is 8.12. The first-order valence-electron chi connectivity index (χ1n) is 14.1. The van der Waals surface area contributed by atoms with Crippen LogP contribution in [0.4, 0.5) is 5.69 Å². The van der Waals surface area contributed by atoms with Crippen LogP contribution in [0.3, 0.4) is 0 Å². The molecular weight excluding hydrogens is 568 g/mol. The largest absolute Gasteiger partial charge is 0.371 e. The van der Waals surface area contributed by atoms with E-state index in [9.17, 15) is 9.59 Å². The van der Waals surface area contributed by atoms with Crippen molar-refractivity contribution in [1.29, 1.82) is 0 Å². The van der Waals surface area contributed by atoms with Crippen LogP contribution in [-0.2, 0) is 22.4 Å². The Kier molecular flexibility index (Phi) is 10.5. The molecule has 1 amide bonds. The van der Waals surface area contributed by atoms with Gasteiger partial charge in [0.05, 0.1) is 23.8 Å². The van der Waals surface area contributed by atoms with Gasteiger partial charge >= 0.3 is 0 Å². The van der Waals surface area contributed by atoms with Crippen molar-refractivity contribution in [2.75, 3.05) is 24.2 Å². The number of thioether (sulfide) groups is 1. The molecule has 0 saturated carbocycles. The highest BCUT2D eigenvalue weighted by Crippen LogP contribution is 2.30. The molecule has 1 aromatic heterocycles. The number of anilines is 1. The van der Waals surface area contributed by atoms with E-state index in [0.29, 0.717) is 29.7 Å².